The number of benzene rings is 3. The van der Waals surface area contributed by atoms with E-state index in [0.717, 1.165) is 0 Å². The summed E-state index contributed by atoms with van der Waals surface area (Å²) in [6, 6.07) is 20.0. The van der Waals surface area contributed by atoms with Crippen molar-refractivity contribution in [2.24, 2.45) is 4.99 Å². The average molecular weight is 438 g/mol. The van der Waals surface area contributed by atoms with Gasteiger partial charge in [0.25, 0.3) is 0 Å². The molecule has 0 unspecified atom stereocenters. The Morgan fingerprint density at radius 3 is 2.37 bits per heavy atom. The molecule has 0 saturated heterocycles. The van der Waals surface area contributed by atoms with E-state index in [1.807, 2.05) is 0 Å². The fourth-order valence-corrected chi connectivity index (χ4v) is 3.01. The summed E-state index contributed by atoms with van der Waals surface area (Å²) in [6.07, 6.45) is 1.59. The van der Waals surface area contributed by atoms with Gasteiger partial charge in [-0.25, -0.2) is 14.6 Å². The number of hydrogen-bond donors (Lipinski definition) is 0. The van der Waals surface area contributed by atoms with E-state index in [4.69, 9.17) is 32.7 Å². The lowest BCUT2D eigenvalue weighted by Gasteiger charge is -2.05. The molecule has 0 bridgehead atoms. The zero-order chi connectivity index (χ0) is 21.1. The summed E-state index contributed by atoms with van der Waals surface area (Å²) in [7, 11) is 0. The third-order valence-corrected chi connectivity index (χ3v) is 4.65. The minimum Gasteiger partial charge on any atom is -0.423 e. The van der Waals surface area contributed by atoms with Crippen molar-refractivity contribution in [3.05, 3.63) is 105 Å². The smallest absolute Gasteiger partial charge is 0.363 e. The normalized spacial score (nSPS) is 14.4. The Morgan fingerprint density at radius 2 is 1.67 bits per heavy atom. The third kappa shape index (κ3) is 4.59. The first-order valence-corrected chi connectivity index (χ1v) is 9.60. The summed E-state index contributed by atoms with van der Waals surface area (Å²) in [5.41, 5.74) is 1.87. The molecule has 0 aliphatic carbocycles. The topological polar surface area (TPSA) is 65.0 Å². The number of esters is 2. The van der Waals surface area contributed by atoms with Crippen LogP contribution in [-0.4, -0.2) is 17.8 Å². The van der Waals surface area contributed by atoms with Crippen molar-refractivity contribution in [2.45, 2.75) is 0 Å². The highest BCUT2D eigenvalue weighted by atomic mass is 35.5. The van der Waals surface area contributed by atoms with E-state index in [2.05, 4.69) is 4.99 Å². The fraction of sp³-hybridized carbons (Fsp3) is 0. The first-order valence-electron chi connectivity index (χ1n) is 8.84. The molecule has 0 radical (unpaired) electrons. The van der Waals surface area contributed by atoms with Gasteiger partial charge in [0, 0.05) is 15.6 Å². The molecule has 3 aromatic carbocycles. The van der Waals surface area contributed by atoms with Crippen LogP contribution in [0.15, 0.2) is 83.5 Å². The van der Waals surface area contributed by atoms with E-state index in [1.165, 1.54) is 0 Å². The summed E-state index contributed by atoms with van der Waals surface area (Å²) in [4.78, 5) is 28.5. The van der Waals surface area contributed by atoms with Gasteiger partial charge in [0.1, 0.15) is 5.75 Å². The van der Waals surface area contributed by atoms with Gasteiger partial charge in [0.15, 0.2) is 5.70 Å². The van der Waals surface area contributed by atoms with Crippen molar-refractivity contribution in [3.63, 3.8) is 0 Å². The highest BCUT2D eigenvalue weighted by Crippen LogP contribution is 2.22. The molecule has 0 N–H and O–H groups in total. The van der Waals surface area contributed by atoms with Gasteiger partial charge in [-0.1, -0.05) is 41.4 Å². The molecule has 4 rings (SSSR count). The van der Waals surface area contributed by atoms with Gasteiger partial charge in [-0.15, -0.1) is 0 Å². The molecule has 0 spiro atoms. The van der Waals surface area contributed by atoms with Crippen LogP contribution in [0.1, 0.15) is 21.5 Å². The molecule has 0 atom stereocenters. The summed E-state index contributed by atoms with van der Waals surface area (Å²) >= 11 is 11.8. The van der Waals surface area contributed by atoms with Gasteiger partial charge in [-0.3, -0.25) is 0 Å². The van der Waals surface area contributed by atoms with Crippen molar-refractivity contribution >= 4 is 47.1 Å². The van der Waals surface area contributed by atoms with Gasteiger partial charge >= 0.3 is 11.9 Å². The maximum atomic E-state index is 12.2. The largest absolute Gasteiger partial charge is 0.423 e. The summed E-state index contributed by atoms with van der Waals surface area (Å²) in [5.74, 6) is -0.479. The van der Waals surface area contributed by atoms with Crippen LogP contribution in [0.4, 0.5) is 0 Å². The number of cyclic esters (lactones) is 1. The van der Waals surface area contributed by atoms with Crippen LogP contribution in [0.25, 0.3) is 6.08 Å². The number of rotatable bonds is 4. The van der Waals surface area contributed by atoms with Gasteiger partial charge in [0.2, 0.25) is 5.90 Å². The second-order valence-electron chi connectivity index (χ2n) is 6.31. The lowest BCUT2D eigenvalue weighted by atomic mass is 10.2. The van der Waals surface area contributed by atoms with Crippen LogP contribution in [0.5, 0.6) is 5.75 Å². The van der Waals surface area contributed by atoms with Gasteiger partial charge in [0.05, 0.1) is 5.56 Å². The van der Waals surface area contributed by atoms with Gasteiger partial charge < -0.3 is 9.47 Å². The summed E-state index contributed by atoms with van der Waals surface area (Å²) in [5, 5.41) is 1.06. The Morgan fingerprint density at radius 1 is 0.933 bits per heavy atom. The van der Waals surface area contributed by atoms with E-state index < -0.39 is 11.9 Å². The first-order chi connectivity index (χ1) is 14.5. The molecular weight excluding hydrogens is 425 g/mol. The lowest BCUT2D eigenvalue weighted by molar-refractivity contribution is -0.129. The molecule has 1 aliphatic heterocycles. The van der Waals surface area contributed by atoms with Crippen molar-refractivity contribution in [1.82, 2.24) is 0 Å². The summed E-state index contributed by atoms with van der Waals surface area (Å²) in [6.45, 7) is 0. The maximum Gasteiger partial charge on any atom is 0.363 e. The highest BCUT2D eigenvalue weighted by molar-refractivity contribution is 6.31. The molecule has 0 amide bonds. The van der Waals surface area contributed by atoms with E-state index in [-0.39, 0.29) is 11.6 Å². The molecule has 0 aromatic heterocycles. The van der Waals surface area contributed by atoms with Crippen molar-refractivity contribution in [3.8, 4) is 5.75 Å². The number of nitrogens with zero attached hydrogens (tertiary/aromatic N) is 1. The number of halogens is 2. The monoisotopic (exact) mass is 437 g/mol. The third-order valence-electron chi connectivity index (χ3n) is 4.17. The number of hydrogen-bond acceptors (Lipinski definition) is 5. The molecule has 7 heteroatoms. The zero-order valence-corrected chi connectivity index (χ0v) is 16.9. The Labute approximate surface area is 182 Å². The van der Waals surface area contributed by atoms with Crippen LogP contribution in [-0.2, 0) is 9.53 Å². The quantitative estimate of drug-likeness (QED) is 0.304. The average Bonchev–Trinajstić information content (AvgIpc) is 3.10. The van der Waals surface area contributed by atoms with E-state index >= 15 is 0 Å². The molecule has 1 heterocycles. The van der Waals surface area contributed by atoms with Gasteiger partial charge in [-0.05, 0) is 66.2 Å². The highest BCUT2D eigenvalue weighted by Gasteiger charge is 2.24. The van der Waals surface area contributed by atoms with Crippen LogP contribution < -0.4 is 4.74 Å². The number of ether oxygens (including phenoxy) is 2. The predicted molar refractivity (Wildman–Crippen MR) is 115 cm³/mol. The second-order valence-corrected chi connectivity index (χ2v) is 7.18. The minimum atomic E-state index is -0.553. The Bertz CT molecular complexity index is 1180. The predicted octanol–water partition coefficient (Wildman–Crippen LogP) is 5.56. The lowest BCUT2D eigenvalue weighted by Crippen LogP contribution is -2.08. The molecule has 5 nitrogen and oxygen atoms in total. The SMILES string of the molecule is O=C1OC(c2cccc(Cl)c2)=N/C1=C/c1ccc(OC(=O)c2ccc(Cl)cc2)cc1. The molecule has 148 valence electrons. The van der Waals surface area contributed by atoms with Gasteiger partial charge in [-0.2, -0.15) is 0 Å². The molecule has 1 aliphatic rings. The molecule has 0 saturated carbocycles. The molecule has 3 aromatic rings. The van der Waals surface area contributed by atoms with Crippen LogP contribution in [0.3, 0.4) is 0 Å². The second kappa shape index (κ2) is 8.53. The Kier molecular flexibility index (Phi) is 5.65. The molecular formula is C23H13Cl2NO4. The maximum absolute atomic E-state index is 12.2. The number of carbonyl (C=O) groups excluding carboxylic acids is 2. The number of carbonyl (C=O) groups is 2. The molecule has 0 fully saturated rings. The van der Waals surface area contributed by atoms with Crippen molar-refractivity contribution < 1.29 is 19.1 Å². The van der Waals surface area contributed by atoms with Crippen LogP contribution in [0, 0.1) is 0 Å². The van der Waals surface area contributed by atoms with E-state index in [9.17, 15) is 9.59 Å². The van der Waals surface area contributed by atoms with Crippen LogP contribution in [0.2, 0.25) is 10.0 Å². The van der Waals surface area contributed by atoms with Crippen LogP contribution >= 0.6 is 23.2 Å². The number of aliphatic imine (C=N–C) groups is 1. The fourth-order valence-electron chi connectivity index (χ4n) is 2.70. The van der Waals surface area contributed by atoms with Crippen molar-refractivity contribution in [1.29, 1.82) is 0 Å². The van der Waals surface area contributed by atoms with Crippen molar-refractivity contribution in [2.75, 3.05) is 0 Å². The minimum absolute atomic E-state index is 0.163. The zero-order valence-electron chi connectivity index (χ0n) is 15.3. The Hall–Kier alpha value is -3.41. The first kappa shape index (κ1) is 19.9. The Balaban J connectivity index is 1.48. The standard InChI is InChI=1S/C23H13Cl2NO4/c24-17-8-6-15(7-9-17)22(27)29-19-10-4-14(5-11-19)12-20-23(28)30-21(26-20)16-2-1-3-18(25)13-16/h1-13H/b20-12+. The van der Waals surface area contributed by atoms with E-state index in [0.29, 0.717) is 32.5 Å². The molecule has 30 heavy (non-hydrogen) atoms. The van der Waals surface area contributed by atoms with E-state index in [1.54, 1.807) is 78.9 Å². The summed E-state index contributed by atoms with van der Waals surface area (Å²) < 4.78 is 10.6.